The van der Waals surface area contributed by atoms with Gasteiger partial charge < -0.3 is 34.8 Å². The van der Waals surface area contributed by atoms with E-state index in [9.17, 15) is 4.79 Å². The van der Waals surface area contributed by atoms with Crippen LogP contribution in [0.15, 0.2) is 53.5 Å². The number of aryl methyl sites for hydroxylation is 1. The number of aliphatic imine (C=N–C) groups is 1. The van der Waals surface area contributed by atoms with Crippen molar-refractivity contribution >= 4 is 46.9 Å². The molecule has 0 bridgehead atoms. The molecule has 1 unspecified atom stereocenters. The van der Waals surface area contributed by atoms with Gasteiger partial charge in [-0.1, -0.05) is 6.42 Å². The number of carbonyl (C=O) groups is 1. The quantitative estimate of drug-likeness (QED) is 0.0449. The molecule has 46 heavy (non-hydrogen) atoms. The van der Waals surface area contributed by atoms with Crippen LogP contribution in [0.4, 0.5) is 17.3 Å². The van der Waals surface area contributed by atoms with Gasteiger partial charge in [0.05, 0.1) is 5.52 Å². The molecule has 236 valence electrons. The maximum absolute atomic E-state index is 12.1. The fourth-order valence-corrected chi connectivity index (χ4v) is 5.14. The first-order valence-corrected chi connectivity index (χ1v) is 15.1. The summed E-state index contributed by atoms with van der Waals surface area (Å²) in [4.78, 5) is 31.9. The minimum Gasteiger partial charge on any atom is -0.577 e. The van der Waals surface area contributed by atoms with Crippen LogP contribution in [0.3, 0.4) is 0 Å². The van der Waals surface area contributed by atoms with Crippen LogP contribution in [0.5, 0.6) is 11.5 Å². The SMILES string of the molecule is [CH-]=C/C(=C\[C-]=NC=[N-])Oc1ccc(Nc2ncnc3cc4c(nc23)N(CCCCCC(=O)OC(C)(C)C)C[C@@H]2CC2O4)cc1C.[Li+]. The van der Waals surface area contributed by atoms with Crippen LogP contribution in [-0.2, 0) is 9.53 Å². The van der Waals surface area contributed by atoms with Gasteiger partial charge >= 0.3 is 24.8 Å². The van der Waals surface area contributed by atoms with Gasteiger partial charge in [-0.2, -0.15) is 6.08 Å². The Morgan fingerprint density at radius 3 is 2.83 bits per heavy atom. The Morgan fingerprint density at radius 1 is 1.26 bits per heavy atom. The molecule has 1 N–H and O–H groups in total. The molecule has 0 amide bonds. The summed E-state index contributed by atoms with van der Waals surface area (Å²) in [6, 6.07) is 7.57. The summed E-state index contributed by atoms with van der Waals surface area (Å²) in [5, 5.41) is 12.1. The number of rotatable bonds is 13. The summed E-state index contributed by atoms with van der Waals surface area (Å²) in [6.07, 6.45) is 11.6. The van der Waals surface area contributed by atoms with Gasteiger partial charge in [-0.3, -0.25) is 11.4 Å². The molecule has 1 aliphatic heterocycles. The number of allylic oxidation sites excluding steroid dienone is 2. The molecule has 12 heteroatoms. The van der Waals surface area contributed by atoms with E-state index >= 15 is 0 Å². The molecule has 0 spiro atoms. The number of nitrogens with one attached hydrogen (secondary N) is 1. The van der Waals surface area contributed by atoms with E-state index in [-0.39, 0.29) is 30.9 Å². The van der Waals surface area contributed by atoms with Crippen molar-refractivity contribution in [2.45, 2.75) is 71.5 Å². The molecule has 11 nitrogen and oxygen atoms in total. The Labute approximate surface area is 282 Å². The number of anilines is 3. The minimum atomic E-state index is -0.462. The van der Waals surface area contributed by atoms with E-state index in [1.807, 2.05) is 52.0 Å². The smallest absolute Gasteiger partial charge is 0.577 e. The van der Waals surface area contributed by atoms with Crippen molar-refractivity contribution in [3.05, 3.63) is 66.1 Å². The Kier molecular flexibility index (Phi) is 11.6. The molecule has 1 aliphatic carbocycles. The van der Waals surface area contributed by atoms with Crippen molar-refractivity contribution < 1.29 is 37.9 Å². The zero-order chi connectivity index (χ0) is 32.0. The second-order valence-electron chi connectivity index (χ2n) is 12.2. The summed E-state index contributed by atoms with van der Waals surface area (Å²) in [5.74, 6) is 3.34. The second-order valence-corrected chi connectivity index (χ2v) is 12.2. The average Bonchev–Trinajstić information content (AvgIpc) is 3.74. The fraction of sp³-hybridized carbons (Fsp3) is 0.412. The van der Waals surface area contributed by atoms with Gasteiger partial charge in [-0.15, -0.1) is 6.08 Å². The summed E-state index contributed by atoms with van der Waals surface area (Å²) >= 11 is 0. The van der Waals surface area contributed by atoms with Crippen molar-refractivity contribution in [2.24, 2.45) is 10.9 Å². The van der Waals surface area contributed by atoms with Gasteiger partial charge in [0.2, 0.25) is 0 Å². The summed E-state index contributed by atoms with van der Waals surface area (Å²) in [5.41, 5.74) is 2.51. The van der Waals surface area contributed by atoms with Crippen molar-refractivity contribution in [1.82, 2.24) is 15.0 Å². The number of hydrogen-bond donors (Lipinski definition) is 1. The number of aromatic nitrogens is 3. The van der Waals surface area contributed by atoms with Crippen LogP contribution in [0.1, 0.15) is 58.4 Å². The molecule has 5 rings (SSSR count). The normalized spacial score (nSPS) is 17.2. The van der Waals surface area contributed by atoms with Gasteiger partial charge in [-0.25, -0.2) is 27.5 Å². The van der Waals surface area contributed by atoms with E-state index in [0.717, 1.165) is 61.6 Å². The van der Waals surface area contributed by atoms with Gasteiger partial charge in [0, 0.05) is 42.9 Å². The molecular weight excluding hydrogens is 577 g/mol. The summed E-state index contributed by atoms with van der Waals surface area (Å²) < 4.78 is 17.6. The number of ether oxygens (including phenoxy) is 3. The van der Waals surface area contributed by atoms with E-state index in [2.05, 4.69) is 31.4 Å². The number of unbranched alkanes of at least 4 members (excludes halogenated alkanes) is 2. The van der Waals surface area contributed by atoms with Crippen LogP contribution >= 0.6 is 0 Å². The predicted molar refractivity (Wildman–Crippen MR) is 175 cm³/mol. The summed E-state index contributed by atoms with van der Waals surface area (Å²) in [7, 11) is 0. The van der Waals surface area contributed by atoms with Crippen LogP contribution < -0.4 is 38.6 Å². The molecule has 1 saturated carbocycles. The molecule has 0 radical (unpaired) electrons. The van der Waals surface area contributed by atoms with Crippen molar-refractivity contribution in [1.29, 1.82) is 0 Å². The Hall–Kier alpha value is -4.20. The van der Waals surface area contributed by atoms with E-state index in [1.54, 1.807) is 0 Å². The summed E-state index contributed by atoms with van der Waals surface area (Å²) in [6.45, 7) is 14.9. The molecule has 2 aromatic heterocycles. The molecule has 2 atom stereocenters. The third-order valence-electron chi connectivity index (χ3n) is 7.34. The predicted octanol–water partition coefficient (Wildman–Crippen LogP) is 3.37. The third-order valence-corrected chi connectivity index (χ3v) is 7.34. The maximum Gasteiger partial charge on any atom is 1.00 e. The number of carbonyl (C=O) groups excluding carboxylic acids is 1. The van der Waals surface area contributed by atoms with Crippen molar-refractivity contribution in [3.8, 4) is 11.5 Å². The number of benzene rings is 1. The fourth-order valence-electron chi connectivity index (χ4n) is 5.14. The van der Waals surface area contributed by atoms with Gasteiger partial charge in [0.25, 0.3) is 0 Å². The molecule has 3 aromatic rings. The van der Waals surface area contributed by atoms with E-state index < -0.39 is 5.60 Å². The first-order valence-electron chi connectivity index (χ1n) is 15.1. The van der Waals surface area contributed by atoms with E-state index in [4.69, 9.17) is 31.2 Å². The average molecular weight is 616 g/mol. The second kappa shape index (κ2) is 15.4. The number of pyridine rings is 1. The number of fused-ring (bicyclic) bond motifs is 3. The Morgan fingerprint density at radius 2 is 2.09 bits per heavy atom. The van der Waals surface area contributed by atoms with E-state index in [0.29, 0.717) is 47.0 Å². The van der Waals surface area contributed by atoms with Gasteiger partial charge in [-0.05, 0) is 70.7 Å². The Balaban J connectivity index is 0.00000480. The van der Waals surface area contributed by atoms with Crippen LogP contribution in [-0.4, -0.2) is 58.3 Å². The number of esters is 1. The van der Waals surface area contributed by atoms with Crippen molar-refractivity contribution in [2.75, 3.05) is 23.3 Å². The zero-order valence-corrected chi connectivity index (χ0v) is 27.1. The number of hydrogen-bond acceptors (Lipinski definition) is 9. The molecular formula is C34H38LiN7O4-2. The van der Waals surface area contributed by atoms with Crippen molar-refractivity contribution in [3.63, 3.8) is 0 Å². The Bertz CT molecular complexity index is 1640. The van der Waals surface area contributed by atoms with Gasteiger partial charge in [0.1, 0.15) is 29.3 Å². The van der Waals surface area contributed by atoms with Gasteiger partial charge in [0.15, 0.2) is 17.4 Å². The zero-order valence-electron chi connectivity index (χ0n) is 27.1. The molecule has 3 heterocycles. The first kappa shape index (κ1) is 34.7. The monoisotopic (exact) mass is 615 g/mol. The molecule has 1 fully saturated rings. The third kappa shape index (κ3) is 9.18. The van der Waals surface area contributed by atoms with Crippen LogP contribution in [0.25, 0.3) is 16.4 Å². The standard InChI is InChI=1S/C34H38N7O4.Li/c1-6-25(13-14-36-20-35)43-27-12-11-24(16-22(27)2)39-32-31-26(37-21-38-32)18-29-33(40-31)41(19-23-17-28(23)44-29)15-9-7-8-10-30(42)45-34(3,4)5;/h1,6,11-13,16,18,20-21,23,28H,7-10,15,17,19H2,2-5H3,(H,37,38,39);/q-3;+1/b25-13+;/t23-,28?;/m0./s1. The van der Waals surface area contributed by atoms with Crippen LogP contribution in [0, 0.1) is 19.4 Å². The largest absolute Gasteiger partial charge is 1.00 e. The van der Waals surface area contributed by atoms with E-state index in [1.165, 1.54) is 18.5 Å². The van der Waals surface area contributed by atoms with Crippen LogP contribution in [0.2, 0.25) is 0 Å². The molecule has 0 saturated heterocycles. The molecule has 1 aromatic carbocycles. The number of nitrogens with zero attached hydrogens (tertiary/aromatic N) is 6. The molecule has 2 aliphatic rings. The minimum absolute atomic E-state index is 0. The first-order chi connectivity index (χ1) is 21.6. The topological polar surface area (TPSA) is 133 Å². The maximum atomic E-state index is 12.1.